The third-order valence-corrected chi connectivity index (χ3v) is 4.02. The number of para-hydroxylation sites is 1. The Morgan fingerprint density at radius 3 is 2.81 bits per heavy atom. The van der Waals surface area contributed by atoms with E-state index in [1.807, 2.05) is 0 Å². The van der Waals surface area contributed by atoms with Crippen LogP contribution in [0.5, 0.6) is 0 Å². The van der Waals surface area contributed by atoms with Crippen LogP contribution in [0.2, 0.25) is 0 Å². The molecule has 0 amide bonds. The zero-order chi connectivity index (χ0) is 11.0. The van der Waals surface area contributed by atoms with Gasteiger partial charge in [-0.3, -0.25) is 0 Å². The first-order valence-electron chi connectivity index (χ1n) is 6.39. The molecule has 16 heavy (non-hydrogen) atoms. The van der Waals surface area contributed by atoms with E-state index in [0.29, 0.717) is 6.04 Å². The summed E-state index contributed by atoms with van der Waals surface area (Å²) in [6, 6.07) is 8.98. The van der Waals surface area contributed by atoms with Crippen molar-refractivity contribution in [3.63, 3.8) is 0 Å². The molecule has 2 unspecified atom stereocenters. The Morgan fingerprint density at radius 1 is 1.12 bits per heavy atom. The Balaban J connectivity index is 1.86. The van der Waals surface area contributed by atoms with Gasteiger partial charge in [-0.2, -0.15) is 0 Å². The van der Waals surface area contributed by atoms with E-state index >= 15 is 0 Å². The number of benzene rings is 1. The van der Waals surface area contributed by atoms with Gasteiger partial charge in [-0.05, 0) is 30.9 Å². The van der Waals surface area contributed by atoms with Crippen LogP contribution in [0.4, 0.5) is 5.69 Å². The van der Waals surface area contributed by atoms with Gasteiger partial charge in [0.25, 0.3) is 0 Å². The molecule has 1 aromatic rings. The summed E-state index contributed by atoms with van der Waals surface area (Å²) < 4.78 is 0. The Bertz CT molecular complexity index is 377. The van der Waals surface area contributed by atoms with Crippen LogP contribution in [0, 0.1) is 0 Å². The zero-order valence-corrected chi connectivity index (χ0v) is 9.60. The predicted octanol–water partition coefficient (Wildman–Crippen LogP) is 2.35. The number of hydrogen-bond donors (Lipinski definition) is 1. The van der Waals surface area contributed by atoms with Gasteiger partial charge in [0.2, 0.25) is 0 Å². The molecule has 0 spiro atoms. The lowest BCUT2D eigenvalue weighted by atomic mass is 9.91. The second-order valence-electron chi connectivity index (χ2n) is 4.99. The molecule has 0 aromatic heterocycles. The molecule has 1 saturated carbocycles. The average Bonchev–Trinajstić information content (AvgIpc) is 2.74. The Morgan fingerprint density at radius 2 is 1.94 bits per heavy atom. The van der Waals surface area contributed by atoms with Gasteiger partial charge < -0.3 is 10.0 Å². The summed E-state index contributed by atoms with van der Waals surface area (Å²) in [6.45, 7) is 1.08. The van der Waals surface area contributed by atoms with Crippen LogP contribution in [0.3, 0.4) is 0 Å². The summed E-state index contributed by atoms with van der Waals surface area (Å²) >= 11 is 0. The van der Waals surface area contributed by atoms with Crippen molar-refractivity contribution in [2.45, 2.75) is 44.2 Å². The van der Waals surface area contributed by atoms with Gasteiger partial charge in [0.05, 0.1) is 12.1 Å². The molecule has 1 fully saturated rings. The lowest BCUT2D eigenvalue weighted by Gasteiger charge is -2.36. The Labute approximate surface area is 96.9 Å². The number of aliphatic hydroxyl groups is 1. The highest BCUT2D eigenvalue weighted by Gasteiger charge is 2.32. The molecule has 2 heteroatoms. The van der Waals surface area contributed by atoms with Crippen LogP contribution < -0.4 is 4.90 Å². The molecule has 1 aromatic carbocycles. The van der Waals surface area contributed by atoms with E-state index in [0.717, 1.165) is 25.8 Å². The fraction of sp³-hybridized carbons (Fsp3) is 0.571. The van der Waals surface area contributed by atoms with Crippen LogP contribution in [-0.2, 0) is 6.42 Å². The molecular formula is C14H19NO. The molecule has 2 aliphatic rings. The smallest absolute Gasteiger partial charge is 0.0743 e. The van der Waals surface area contributed by atoms with Gasteiger partial charge in [0.1, 0.15) is 0 Å². The molecule has 2 nitrogen and oxygen atoms in total. The molecule has 1 N–H and O–H groups in total. The lowest BCUT2D eigenvalue weighted by Crippen LogP contribution is -2.44. The molecule has 0 saturated heterocycles. The number of hydrogen-bond acceptors (Lipinski definition) is 2. The Hall–Kier alpha value is -1.02. The third kappa shape index (κ3) is 1.61. The maximum absolute atomic E-state index is 10.1. The standard InChI is InChI=1S/C14H19NO/c16-14-8-4-3-7-13(14)15-10-9-11-5-1-2-6-12(11)15/h1-2,5-6,13-14,16H,3-4,7-10H2. The van der Waals surface area contributed by atoms with Crippen molar-refractivity contribution in [1.29, 1.82) is 0 Å². The van der Waals surface area contributed by atoms with E-state index in [1.165, 1.54) is 24.1 Å². The summed E-state index contributed by atoms with van der Waals surface area (Å²) in [5.41, 5.74) is 2.80. The summed E-state index contributed by atoms with van der Waals surface area (Å²) in [5.74, 6) is 0. The SMILES string of the molecule is OC1CCCCC1N1CCc2ccccc21. The number of nitrogens with zero attached hydrogens (tertiary/aromatic N) is 1. The summed E-state index contributed by atoms with van der Waals surface area (Å²) in [5, 5.41) is 10.1. The molecule has 0 bridgehead atoms. The molecule has 0 radical (unpaired) electrons. The zero-order valence-electron chi connectivity index (χ0n) is 9.60. The van der Waals surface area contributed by atoms with Crippen molar-refractivity contribution < 1.29 is 5.11 Å². The van der Waals surface area contributed by atoms with Crippen molar-refractivity contribution in [2.75, 3.05) is 11.4 Å². The van der Waals surface area contributed by atoms with Gasteiger partial charge >= 0.3 is 0 Å². The second-order valence-corrected chi connectivity index (χ2v) is 4.99. The molecule has 86 valence electrons. The monoisotopic (exact) mass is 217 g/mol. The molecule has 1 aliphatic heterocycles. The first-order chi connectivity index (χ1) is 7.86. The number of aliphatic hydroxyl groups excluding tert-OH is 1. The van der Waals surface area contributed by atoms with Crippen LogP contribution in [-0.4, -0.2) is 23.8 Å². The van der Waals surface area contributed by atoms with E-state index in [2.05, 4.69) is 29.2 Å². The summed E-state index contributed by atoms with van der Waals surface area (Å²) in [6.07, 6.45) is 5.59. The normalized spacial score (nSPS) is 29.2. The van der Waals surface area contributed by atoms with Crippen molar-refractivity contribution in [3.8, 4) is 0 Å². The van der Waals surface area contributed by atoms with Crippen LogP contribution in [0.1, 0.15) is 31.2 Å². The van der Waals surface area contributed by atoms with Gasteiger partial charge in [-0.1, -0.05) is 31.0 Å². The van der Waals surface area contributed by atoms with Gasteiger partial charge in [-0.25, -0.2) is 0 Å². The Kier molecular flexibility index (Phi) is 2.60. The van der Waals surface area contributed by atoms with Crippen molar-refractivity contribution in [2.24, 2.45) is 0 Å². The van der Waals surface area contributed by atoms with Gasteiger partial charge in [0, 0.05) is 12.2 Å². The number of anilines is 1. The quantitative estimate of drug-likeness (QED) is 0.780. The summed E-state index contributed by atoms with van der Waals surface area (Å²) in [7, 11) is 0. The minimum Gasteiger partial charge on any atom is -0.391 e. The van der Waals surface area contributed by atoms with E-state index in [-0.39, 0.29) is 6.10 Å². The van der Waals surface area contributed by atoms with E-state index in [4.69, 9.17) is 0 Å². The minimum absolute atomic E-state index is 0.125. The highest BCUT2D eigenvalue weighted by Crippen LogP contribution is 2.34. The highest BCUT2D eigenvalue weighted by molar-refractivity contribution is 5.58. The molecule has 1 aliphatic carbocycles. The minimum atomic E-state index is -0.125. The van der Waals surface area contributed by atoms with E-state index < -0.39 is 0 Å². The molecule has 1 heterocycles. The average molecular weight is 217 g/mol. The fourth-order valence-corrected chi connectivity index (χ4v) is 3.16. The fourth-order valence-electron chi connectivity index (χ4n) is 3.16. The number of fused-ring (bicyclic) bond motifs is 1. The highest BCUT2D eigenvalue weighted by atomic mass is 16.3. The van der Waals surface area contributed by atoms with Crippen molar-refractivity contribution >= 4 is 5.69 Å². The first kappa shape index (κ1) is 10.2. The van der Waals surface area contributed by atoms with E-state index in [1.54, 1.807) is 0 Å². The van der Waals surface area contributed by atoms with Gasteiger partial charge in [0.15, 0.2) is 0 Å². The van der Waals surface area contributed by atoms with E-state index in [9.17, 15) is 5.11 Å². The second kappa shape index (κ2) is 4.10. The first-order valence-corrected chi connectivity index (χ1v) is 6.39. The predicted molar refractivity (Wildman–Crippen MR) is 65.8 cm³/mol. The maximum atomic E-state index is 10.1. The summed E-state index contributed by atoms with van der Waals surface area (Å²) in [4.78, 5) is 2.43. The van der Waals surface area contributed by atoms with Crippen molar-refractivity contribution in [1.82, 2.24) is 0 Å². The molecular weight excluding hydrogens is 198 g/mol. The lowest BCUT2D eigenvalue weighted by molar-refractivity contribution is 0.105. The van der Waals surface area contributed by atoms with Gasteiger partial charge in [-0.15, -0.1) is 0 Å². The third-order valence-electron chi connectivity index (χ3n) is 4.02. The number of rotatable bonds is 1. The van der Waals surface area contributed by atoms with Crippen LogP contribution >= 0.6 is 0 Å². The topological polar surface area (TPSA) is 23.5 Å². The maximum Gasteiger partial charge on any atom is 0.0743 e. The van der Waals surface area contributed by atoms with Crippen molar-refractivity contribution in [3.05, 3.63) is 29.8 Å². The molecule has 3 rings (SSSR count). The van der Waals surface area contributed by atoms with Crippen LogP contribution in [0.25, 0.3) is 0 Å². The largest absolute Gasteiger partial charge is 0.391 e. The molecule has 2 atom stereocenters. The van der Waals surface area contributed by atoms with Crippen LogP contribution in [0.15, 0.2) is 24.3 Å².